The number of likely N-dealkylation sites (tertiary alicyclic amines) is 1. The number of H-pyrrole nitrogens is 1. The molecular weight excluding hydrogens is 328 g/mol. The third kappa shape index (κ3) is 3.12. The number of hydrogen-bond donors (Lipinski definition) is 2. The molecular formula is C19H22N6O. The van der Waals surface area contributed by atoms with E-state index in [1.165, 1.54) is 0 Å². The third-order valence-electron chi connectivity index (χ3n) is 4.65. The maximum absolute atomic E-state index is 12.6. The molecule has 0 bridgehead atoms. The number of nitrogens with zero attached hydrogens (tertiary/aromatic N) is 4. The minimum absolute atomic E-state index is 0.0147. The lowest BCUT2D eigenvalue weighted by Gasteiger charge is -2.16. The number of rotatable bonds is 4. The fraction of sp³-hybridized carbons (Fsp3) is 0.368. The first-order valence-corrected chi connectivity index (χ1v) is 8.93. The zero-order valence-corrected chi connectivity index (χ0v) is 14.9. The van der Waals surface area contributed by atoms with Crippen molar-refractivity contribution >= 4 is 22.8 Å². The van der Waals surface area contributed by atoms with Crippen LogP contribution in [0.25, 0.3) is 11.0 Å². The molecule has 0 aliphatic carbocycles. The van der Waals surface area contributed by atoms with Crippen LogP contribution < -0.4 is 5.32 Å². The number of hydrogen-bond acceptors (Lipinski definition) is 5. The fourth-order valence-corrected chi connectivity index (χ4v) is 3.37. The van der Waals surface area contributed by atoms with Crippen molar-refractivity contribution in [3.05, 3.63) is 47.9 Å². The normalized spacial score (nSPS) is 17.2. The summed E-state index contributed by atoms with van der Waals surface area (Å²) in [6.45, 7) is 5.55. The van der Waals surface area contributed by atoms with Gasteiger partial charge in [0, 0.05) is 36.9 Å². The Balaban J connectivity index is 1.51. The first kappa shape index (κ1) is 16.5. The molecule has 0 unspecified atom stereocenters. The molecule has 1 aliphatic rings. The average Bonchev–Trinajstić information content (AvgIpc) is 3.29. The Morgan fingerprint density at radius 1 is 1.31 bits per heavy atom. The summed E-state index contributed by atoms with van der Waals surface area (Å²) < 4.78 is 0. The van der Waals surface area contributed by atoms with Crippen LogP contribution in [0.3, 0.4) is 0 Å². The summed E-state index contributed by atoms with van der Waals surface area (Å²) in [6.07, 6.45) is 2.56. The van der Waals surface area contributed by atoms with Crippen LogP contribution in [0.5, 0.6) is 0 Å². The van der Waals surface area contributed by atoms with Gasteiger partial charge in [0.1, 0.15) is 5.69 Å². The van der Waals surface area contributed by atoms with E-state index in [9.17, 15) is 4.79 Å². The Morgan fingerprint density at radius 2 is 2.19 bits per heavy atom. The first-order valence-electron chi connectivity index (χ1n) is 8.93. The smallest absolute Gasteiger partial charge is 0.272 e. The second-order valence-corrected chi connectivity index (χ2v) is 6.96. The highest BCUT2D eigenvalue weighted by Crippen LogP contribution is 2.29. The first-order chi connectivity index (χ1) is 12.6. The lowest BCUT2D eigenvalue weighted by atomic mass is 10.0. The predicted molar refractivity (Wildman–Crippen MR) is 100 cm³/mol. The van der Waals surface area contributed by atoms with Gasteiger partial charge in [-0.25, -0.2) is 4.98 Å². The van der Waals surface area contributed by atoms with Crippen molar-refractivity contribution in [2.75, 3.05) is 18.4 Å². The SMILES string of the molecule is CC(C)Nc1n[nH]c2nc([C@H]3CCN(C(=O)c4ccccn4)C3)ccc12. The zero-order chi connectivity index (χ0) is 18.1. The van der Waals surface area contributed by atoms with Gasteiger partial charge in [0.2, 0.25) is 0 Å². The van der Waals surface area contributed by atoms with E-state index in [0.717, 1.165) is 35.5 Å². The van der Waals surface area contributed by atoms with E-state index in [-0.39, 0.29) is 11.8 Å². The average molecular weight is 350 g/mol. The Bertz CT molecular complexity index is 920. The monoisotopic (exact) mass is 350 g/mol. The van der Waals surface area contributed by atoms with E-state index in [4.69, 9.17) is 4.98 Å². The Morgan fingerprint density at radius 3 is 2.96 bits per heavy atom. The molecule has 1 saturated heterocycles. The number of pyridine rings is 2. The fourth-order valence-electron chi connectivity index (χ4n) is 3.37. The molecule has 1 fully saturated rings. The summed E-state index contributed by atoms with van der Waals surface area (Å²) in [5.41, 5.74) is 2.27. The van der Waals surface area contributed by atoms with Gasteiger partial charge < -0.3 is 10.2 Å². The highest BCUT2D eigenvalue weighted by Gasteiger charge is 2.29. The van der Waals surface area contributed by atoms with Crippen LogP contribution in [0, 0.1) is 0 Å². The van der Waals surface area contributed by atoms with Crippen molar-refractivity contribution in [1.29, 1.82) is 0 Å². The molecule has 7 nitrogen and oxygen atoms in total. The van der Waals surface area contributed by atoms with E-state index < -0.39 is 0 Å². The Labute approximate surface area is 151 Å². The van der Waals surface area contributed by atoms with Crippen LogP contribution in [0.4, 0.5) is 5.82 Å². The molecule has 0 saturated carbocycles. The van der Waals surface area contributed by atoms with Gasteiger partial charge in [0.15, 0.2) is 11.5 Å². The van der Waals surface area contributed by atoms with Gasteiger partial charge in [0.05, 0.1) is 5.39 Å². The molecule has 3 aromatic heterocycles. The van der Waals surface area contributed by atoms with E-state index in [1.807, 2.05) is 23.1 Å². The molecule has 134 valence electrons. The summed E-state index contributed by atoms with van der Waals surface area (Å²) in [6, 6.07) is 9.81. The van der Waals surface area contributed by atoms with Crippen LogP contribution in [-0.2, 0) is 0 Å². The number of anilines is 1. The summed E-state index contributed by atoms with van der Waals surface area (Å²) in [5, 5.41) is 11.6. The molecule has 3 aromatic rings. The van der Waals surface area contributed by atoms with Crippen molar-refractivity contribution in [2.24, 2.45) is 0 Å². The molecule has 0 aromatic carbocycles. The van der Waals surface area contributed by atoms with E-state index in [2.05, 4.69) is 40.4 Å². The number of carbonyl (C=O) groups is 1. The second kappa shape index (κ2) is 6.74. The number of aromatic amines is 1. The summed E-state index contributed by atoms with van der Waals surface area (Å²) in [5.74, 6) is 1.04. The molecule has 1 atom stereocenters. The Hall–Kier alpha value is -2.96. The minimum atomic E-state index is -0.0147. The predicted octanol–water partition coefficient (Wildman–Crippen LogP) is 2.80. The standard InChI is InChI=1S/C19H22N6O/c1-12(2)21-17-14-6-7-15(22-18(14)24-23-17)13-8-10-25(11-13)19(26)16-5-3-4-9-20-16/h3-7,9,12-13H,8,10-11H2,1-2H3,(H2,21,22,23,24)/t13-/m0/s1. The molecule has 2 N–H and O–H groups in total. The van der Waals surface area contributed by atoms with Crippen LogP contribution in [0.2, 0.25) is 0 Å². The van der Waals surface area contributed by atoms with Crippen LogP contribution in [0.1, 0.15) is 42.4 Å². The lowest BCUT2D eigenvalue weighted by molar-refractivity contribution is 0.0785. The van der Waals surface area contributed by atoms with E-state index >= 15 is 0 Å². The summed E-state index contributed by atoms with van der Waals surface area (Å²) >= 11 is 0. The molecule has 0 spiro atoms. The topological polar surface area (TPSA) is 86.8 Å². The van der Waals surface area contributed by atoms with Gasteiger partial charge in [-0.1, -0.05) is 6.07 Å². The van der Waals surface area contributed by atoms with E-state index in [1.54, 1.807) is 12.3 Å². The minimum Gasteiger partial charge on any atom is -0.366 e. The van der Waals surface area contributed by atoms with Gasteiger partial charge in [-0.05, 0) is 44.5 Å². The van der Waals surface area contributed by atoms with Crippen molar-refractivity contribution in [3.8, 4) is 0 Å². The zero-order valence-electron chi connectivity index (χ0n) is 14.9. The molecule has 26 heavy (non-hydrogen) atoms. The van der Waals surface area contributed by atoms with Gasteiger partial charge in [-0.15, -0.1) is 0 Å². The molecule has 1 aliphatic heterocycles. The van der Waals surface area contributed by atoms with Crippen LogP contribution in [-0.4, -0.2) is 50.1 Å². The van der Waals surface area contributed by atoms with Crippen molar-refractivity contribution in [2.45, 2.75) is 32.2 Å². The van der Waals surface area contributed by atoms with Gasteiger partial charge in [0.25, 0.3) is 5.91 Å². The molecule has 0 radical (unpaired) electrons. The summed E-state index contributed by atoms with van der Waals surface area (Å²) in [7, 11) is 0. The van der Waals surface area contributed by atoms with E-state index in [0.29, 0.717) is 18.3 Å². The quantitative estimate of drug-likeness (QED) is 0.755. The third-order valence-corrected chi connectivity index (χ3v) is 4.65. The highest BCUT2D eigenvalue weighted by atomic mass is 16.2. The number of carbonyl (C=O) groups excluding carboxylic acids is 1. The molecule has 7 heteroatoms. The maximum atomic E-state index is 12.6. The largest absolute Gasteiger partial charge is 0.366 e. The van der Waals surface area contributed by atoms with Crippen LogP contribution >= 0.6 is 0 Å². The highest BCUT2D eigenvalue weighted by molar-refractivity contribution is 5.92. The van der Waals surface area contributed by atoms with Gasteiger partial charge >= 0.3 is 0 Å². The molecule has 4 rings (SSSR count). The van der Waals surface area contributed by atoms with Crippen molar-refractivity contribution < 1.29 is 4.79 Å². The lowest BCUT2D eigenvalue weighted by Crippen LogP contribution is -2.29. The molecule has 4 heterocycles. The number of nitrogens with one attached hydrogen (secondary N) is 2. The Kier molecular flexibility index (Phi) is 4.28. The number of amides is 1. The summed E-state index contributed by atoms with van der Waals surface area (Å²) in [4.78, 5) is 23.3. The molecule has 1 amide bonds. The number of aromatic nitrogens is 4. The van der Waals surface area contributed by atoms with Crippen LogP contribution in [0.15, 0.2) is 36.5 Å². The second-order valence-electron chi connectivity index (χ2n) is 6.96. The van der Waals surface area contributed by atoms with Crippen molar-refractivity contribution in [3.63, 3.8) is 0 Å². The maximum Gasteiger partial charge on any atom is 0.272 e. The van der Waals surface area contributed by atoms with Gasteiger partial charge in [-0.3, -0.25) is 14.9 Å². The number of fused-ring (bicyclic) bond motifs is 1. The van der Waals surface area contributed by atoms with Crippen molar-refractivity contribution in [1.82, 2.24) is 25.1 Å². The van der Waals surface area contributed by atoms with Gasteiger partial charge in [-0.2, -0.15) is 5.10 Å².